The van der Waals surface area contributed by atoms with E-state index in [1.54, 1.807) is 6.92 Å². The molecule has 0 spiro atoms. The van der Waals surface area contributed by atoms with Crippen LogP contribution in [0.3, 0.4) is 0 Å². The van der Waals surface area contributed by atoms with Gasteiger partial charge in [0.25, 0.3) is 5.56 Å². The zero-order chi connectivity index (χ0) is 19.8. The zero-order valence-corrected chi connectivity index (χ0v) is 15.7. The number of amides is 1. The maximum Gasteiger partial charge on any atom is 0.416 e. The number of fused-ring (bicyclic) bond motifs is 1. The Morgan fingerprint density at radius 2 is 2.11 bits per heavy atom. The average Bonchev–Trinajstić information content (AvgIpc) is 3.04. The molecule has 5 nitrogen and oxygen atoms in total. The summed E-state index contributed by atoms with van der Waals surface area (Å²) in [5.41, 5.74) is 0.155. The lowest BCUT2D eigenvalue weighted by Gasteiger charge is -2.14. The summed E-state index contributed by atoms with van der Waals surface area (Å²) in [5, 5.41) is 1.99. The van der Waals surface area contributed by atoms with Crippen molar-refractivity contribution in [3.63, 3.8) is 0 Å². The second-order valence-corrected chi connectivity index (χ2v) is 7.83. The molecule has 144 valence electrons. The fourth-order valence-corrected chi connectivity index (χ4v) is 3.71. The first kappa shape index (κ1) is 19.8. The molecule has 2 aromatic rings. The van der Waals surface area contributed by atoms with Gasteiger partial charge in [-0.15, -0.1) is 0 Å². The number of aryl methyl sites for hydroxylation is 1. The number of halogens is 4. The molecule has 1 aromatic carbocycles. The summed E-state index contributed by atoms with van der Waals surface area (Å²) in [6.45, 7) is 1.56. The van der Waals surface area contributed by atoms with Crippen LogP contribution in [0.1, 0.15) is 30.2 Å². The largest absolute Gasteiger partial charge is 0.416 e. The van der Waals surface area contributed by atoms with Crippen molar-refractivity contribution < 1.29 is 18.0 Å². The van der Waals surface area contributed by atoms with E-state index in [2.05, 4.69) is 15.3 Å². The van der Waals surface area contributed by atoms with Crippen molar-refractivity contribution in [3.05, 3.63) is 50.4 Å². The van der Waals surface area contributed by atoms with E-state index in [1.807, 2.05) is 0 Å². The summed E-state index contributed by atoms with van der Waals surface area (Å²) in [6.07, 6.45) is -2.28. The highest BCUT2D eigenvalue weighted by molar-refractivity contribution is 8.00. The van der Waals surface area contributed by atoms with Crippen molar-refractivity contribution in [2.75, 3.05) is 5.32 Å². The molecule has 0 unspecified atom stereocenters. The standard InChI is InChI=1S/C17H15ClF3N3O2S/c1-8(27-16-23-12-4-2-3-10(12)15(26)24-16)14(25)22-13-7-9(17(19,20)21)5-6-11(13)18/h5-8H,2-4H2,1H3,(H,22,25)(H,23,24,26)/t8-/m1/s1. The van der Waals surface area contributed by atoms with E-state index in [1.165, 1.54) is 0 Å². The highest BCUT2D eigenvalue weighted by atomic mass is 35.5. The molecule has 0 radical (unpaired) electrons. The number of anilines is 1. The third-order valence-corrected chi connectivity index (χ3v) is 5.44. The molecule has 27 heavy (non-hydrogen) atoms. The Labute approximate surface area is 161 Å². The fraction of sp³-hybridized carbons (Fsp3) is 0.353. The van der Waals surface area contributed by atoms with Gasteiger partial charge in [0.15, 0.2) is 5.16 Å². The molecule has 0 fully saturated rings. The summed E-state index contributed by atoms with van der Waals surface area (Å²) >= 11 is 6.91. The highest BCUT2D eigenvalue weighted by Gasteiger charge is 2.31. The Bertz CT molecular complexity index is 946. The Balaban J connectivity index is 1.73. The van der Waals surface area contributed by atoms with Gasteiger partial charge in [0.05, 0.1) is 27.2 Å². The molecule has 1 amide bonds. The van der Waals surface area contributed by atoms with E-state index >= 15 is 0 Å². The van der Waals surface area contributed by atoms with Crippen molar-refractivity contribution in [2.24, 2.45) is 0 Å². The van der Waals surface area contributed by atoms with Crippen LogP contribution in [0.4, 0.5) is 18.9 Å². The number of carbonyl (C=O) groups excluding carboxylic acids is 1. The van der Waals surface area contributed by atoms with Crippen LogP contribution in [0.15, 0.2) is 28.2 Å². The first-order chi connectivity index (χ1) is 12.6. The smallest absolute Gasteiger partial charge is 0.324 e. The maximum absolute atomic E-state index is 12.8. The normalized spacial score (nSPS) is 14.7. The molecule has 10 heteroatoms. The summed E-state index contributed by atoms with van der Waals surface area (Å²) in [4.78, 5) is 31.4. The highest BCUT2D eigenvalue weighted by Crippen LogP contribution is 2.34. The van der Waals surface area contributed by atoms with Crippen LogP contribution in [-0.2, 0) is 23.8 Å². The molecule has 0 aliphatic heterocycles. The molecule has 3 rings (SSSR count). The molecule has 1 aliphatic rings. The number of aromatic amines is 1. The fourth-order valence-electron chi connectivity index (χ4n) is 2.73. The molecule has 0 saturated heterocycles. The van der Waals surface area contributed by atoms with Crippen molar-refractivity contribution in [1.29, 1.82) is 0 Å². The number of carbonyl (C=O) groups is 1. The molecule has 0 saturated carbocycles. The molecule has 1 aromatic heterocycles. The lowest BCUT2D eigenvalue weighted by molar-refractivity contribution is -0.137. The first-order valence-corrected chi connectivity index (χ1v) is 9.37. The van der Waals surface area contributed by atoms with Gasteiger partial charge >= 0.3 is 6.18 Å². The van der Waals surface area contributed by atoms with Crippen LogP contribution in [0.5, 0.6) is 0 Å². The minimum absolute atomic E-state index is 0.00221. The number of nitrogens with one attached hydrogen (secondary N) is 2. The van der Waals surface area contributed by atoms with E-state index in [-0.39, 0.29) is 16.3 Å². The van der Waals surface area contributed by atoms with Crippen LogP contribution in [0.2, 0.25) is 5.02 Å². The Hall–Kier alpha value is -2.00. The third-order valence-electron chi connectivity index (χ3n) is 4.13. The van der Waals surface area contributed by atoms with Crippen molar-refractivity contribution in [3.8, 4) is 0 Å². The lowest BCUT2D eigenvalue weighted by atomic mass is 10.2. The molecular weight excluding hydrogens is 403 g/mol. The predicted octanol–water partition coefficient (Wildman–Crippen LogP) is 4.05. The lowest BCUT2D eigenvalue weighted by Crippen LogP contribution is -2.24. The van der Waals surface area contributed by atoms with E-state index < -0.39 is 22.9 Å². The van der Waals surface area contributed by atoms with Crippen LogP contribution < -0.4 is 10.9 Å². The van der Waals surface area contributed by atoms with E-state index in [0.717, 1.165) is 42.1 Å². The monoisotopic (exact) mass is 417 g/mol. The number of H-pyrrole nitrogens is 1. The number of rotatable bonds is 4. The van der Waals surface area contributed by atoms with Crippen molar-refractivity contribution >= 4 is 35.0 Å². The van der Waals surface area contributed by atoms with Gasteiger partial charge < -0.3 is 10.3 Å². The van der Waals surface area contributed by atoms with Crippen molar-refractivity contribution in [2.45, 2.75) is 42.8 Å². The summed E-state index contributed by atoms with van der Waals surface area (Å²) in [7, 11) is 0. The average molecular weight is 418 g/mol. The summed E-state index contributed by atoms with van der Waals surface area (Å²) < 4.78 is 38.5. The van der Waals surface area contributed by atoms with E-state index in [0.29, 0.717) is 23.6 Å². The molecule has 0 bridgehead atoms. The van der Waals surface area contributed by atoms with Gasteiger partial charge in [-0.25, -0.2) is 4.98 Å². The molecule has 1 atom stereocenters. The van der Waals surface area contributed by atoms with Gasteiger partial charge in [-0.1, -0.05) is 23.4 Å². The van der Waals surface area contributed by atoms with Crippen LogP contribution in [0.25, 0.3) is 0 Å². The second-order valence-electron chi connectivity index (χ2n) is 6.09. The molecule has 2 N–H and O–H groups in total. The van der Waals surface area contributed by atoms with Crippen LogP contribution in [-0.4, -0.2) is 21.1 Å². The Morgan fingerprint density at radius 3 is 2.81 bits per heavy atom. The number of alkyl halides is 3. The number of nitrogens with zero attached hydrogens (tertiary/aromatic N) is 1. The number of hydrogen-bond donors (Lipinski definition) is 2. The Morgan fingerprint density at radius 1 is 1.37 bits per heavy atom. The van der Waals surface area contributed by atoms with Gasteiger partial charge in [-0.2, -0.15) is 13.2 Å². The zero-order valence-electron chi connectivity index (χ0n) is 14.1. The van der Waals surface area contributed by atoms with Gasteiger partial charge in [0, 0.05) is 5.56 Å². The van der Waals surface area contributed by atoms with Crippen LogP contribution in [0, 0.1) is 0 Å². The van der Waals surface area contributed by atoms with Gasteiger partial charge in [-0.3, -0.25) is 9.59 Å². The van der Waals surface area contributed by atoms with Gasteiger partial charge in [-0.05, 0) is 44.4 Å². The maximum atomic E-state index is 12.8. The van der Waals surface area contributed by atoms with E-state index in [4.69, 9.17) is 11.6 Å². The molecule has 1 heterocycles. The van der Waals surface area contributed by atoms with Gasteiger partial charge in [0.1, 0.15) is 0 Å². The first-order valence-electron chi connectivity index (χ1n) is 8.11. The van der Waals surface area contributed by atoms with E-state index in [9.17, 15) is 22.8 Å². The topological polar surface area (TPSA) is 74.8 Å². The molecule has 1 aliphatic carbocycles. The summed E-state index contributed by atoms with van der Waals surface area (Å²) in [6, 6.07) is 2.71. The van der Waals surface area contributed by atoms with Crippen molar-refractivity contribution in [1.82, 2.24) is 9.97 Å². The number of aromatic nitrogens is 2. The van der Waals surface area contributed by atoms with Gasteiger partial charge in [0.2, 0.25) is 5.91 Å². The quantitative estimate of drug-likeness (QED) is 0.581. The minimum atomic E-state index is -4.54. The Kier molecular flexibility index (Phi) is 5.53. The number of benzene rings is 1. The predicted molar refractivity (Wildman–Crippen MR) is 97.3 cm³/mol. The summed E-state index contributed by atoms with van der Waals surface area (Å²) in [5.74, 6) is -0.552. The van der Waals surface area contributed by atoms with Crippen LogP contribution >= 0.6 is 23.4 Å². The SMILES string of the molecule is C[C@@H](Sc1nc2c(c(=O)[nH]1)CCC2)C(=O)Nc1cc(C(F)(F)F)ccc1Cl. The number of thioether (sulfide) groups is 1. The number of hydrogen-bond acceptors (Lipinski definition) is 4. The minimum Gasteiger partial charge on any atom is -0.324 e. The second kappa shape index (κ2) is 7.55. The third kappa shape index (κ3) is 4.47. The molecular formula is C17H15ClF3N3O2S.